The Morgan fingerprint density at radius 1 is 1.31 bits per heavy atom. The molecular weight excluding hydrogens is 395 g/mol. The van der Waals surface area contributed by atoms with Crippen LogP contribution in [0.3, 0.4) is 0 Å². The van der Waals surface area contributed by atoms with Crippen LogP contribution >= 0.6 is 11.6 Å². The standard InChI is InChI=1S/C21H22ClFN4O2/c1-13(2)14-10-24-19-16(11-25-27(19)12-14)20(28)26-21(5-7-29-8-6-21)17-4-3-15(22)9-18(17)23/h3-4,9-13H,5-8H2,1-2H3,(H,26,28). The van der Waals surface area contributed by atoms with Crippen molar-refractivity contribution < 1.29 is 13.9 Å². The minimum atomic E-state index is -0.879. The van der Waals surface area contributed by atoms with Crippen LogP contribution in [0.25, 0.3) is 5.65 Å². The molecule has 0 bridgehead atoms. The highest BCUT2D eigenvalue weighted by Gasteiger charge is 2.39. The van der Waals surface area contributed by atoms with E-state index in [0.717, 1.165) is 5.56 Å². The topological polar surface area (TPSA) is 68.5 Å². The fourth-order valence-corrected chi connectivity index (χ4v) is 3.85. The van der Waals surface area contributed by atoms with Gasteiger partial charge in [-0.05, 0) is 36.5 Å². The molecule has 3 aromatic rings. The summed E-state index contributed by atoms with van der Waals surface area (Å²) in [5, 5.41) is 7.64. The lowest BCUT2D eigenvalue weighted by Gasteiger charge is -2.38. The Hall–Kier alpha value is -2.51. The number of carbonyl (C=O) groups excluding carboxylic acids is 1. The third-order valence-electron chi connectivity index (χ3n) is 5.43. The molecule has 0 atom stereocenters. The number of aromatic nitrogens is 3. The molecule has 0 aliphatic carbocycles. The number of nitrogens with one attached hydrogen (secondary N) is 1. The van der Waals surface area contributed by atoms with Crippen LogP contribution in [0.15, 0.2) is 36.8 Å². The summed E-state index contributed by atoms with van der Waals surface area (Å²) in [7, 11) is 0. The molecule has 1 fully saturated rings. The minimum absolute atomic E-state index is 0.298. The Morgan fingerprint density at radius 2 is 2.07 bits per heavy atom. The van der Waals surface area contributed by atoms with E-state index in [-0.39, 0.29) is 5.91 Å². The van der Waals surface area contributed by atoms with Crippen LogP contribution in [-0.4, -0.2) is 33.7 Å². The van der Waals surface area contributed by atoms with Gasteiger partial charge in [0.2, 0.25) is 0 Å². The summed E-state index contributed by atoms with van der Waals surface area (Å²) < 4.78 is 21.8. The van der Waals surface area contributed by atoms with E-state index in [9.17, 15) is 9.18 Å². The van der Waals surface area contributed by atoms with Crippen molar-refractivity contribution in [3.8, 4) is 0 Å². The Morgan fingerprint density at radius 3 is 2.76 bits per heavy atom. The van der Waals surface area contributed by atoms with Crippen molar-refractivity contribution >= 4 is 23.2 Å². The lowest BCUT2D eigenvalue weighted by atomic mass is 9.82. The third-order valence-corrected chi connectivity index (χ3v) is 5.67. The molecule has 0 saturated carbocycles. The highest BCUT2D eigenvalue weighted by molar-refractivity contribution is 6.30. The van der Waals surface area contributed by atoms with Gasteiger partial charge in [-0.25, -0.2) is 13.9 Å². The number of carbonyl (C=O) groups is 1. The van der Waals surface area contributed by atoms with Crippen molar-refractivity contribution in [1.82, 2.24) is 19.9 Å². The summed E-state index contributed by atoms with van der Waals surface area (Å²) in [4.78, 5) is 17.6. The first-order valence-corrected chi connectivity index (χ1v) is 9.96. The number of ether oxygens (including phenoxy) is 1. The normalized spacial score (nSPS) is 16.3. The second-order valence-electron chi connectivity index (χ2n) is 7.64. The van der Waals surface area contributed by atoms with E-state index in [1.165, 1.54) is 12.3 Å². The molecule has 1 aliphatic rings. The molecule has 152 valence electrons. The van der Waals surface area contributed by atoms with Crippen LogP contribution in [0.4, 0.5) is 4.39 Å². The summed E-state index contributed by atoms with van der Waals surface area (Å²) in [5.41, 5.74) is 1.36. The van der Waals surface area contributed by atoms with Gasteiger partial charge in [0.15, 0.2) is 5.65 Å². The van der Waals surface area contributed by atoms with E-state index in [1.54, 1.807) is 22.8 Å². The highest BCUT2D eigenvalue weighted by Crippen LogP contribution is 2.35. The Kier molecular flexibility index (Phi) is 5.27. The second-order valence-corrected chi connectivity index (χ2v) is 8.08. The second kappa shape index (κ2) is 7.72. The van der Waals surface area contributed by atoms with Crippen LogP contribution in [0.2, 0.25) is 5.02 Å². The van der Waals surface area contributed by atoms with E-state index in [1.807, 2.05) is 6.20 Å². The molecule has 3 heterocycles. The van der Waals surface area contributed by atoms with E-state index in [0.29, 0.717) is 53.8 Å². The molecule has 1 amide bonds. The van der Waals surface area contributed by atoms with Gasteiger partial charge in [-0.1, -0.05) is 31.5 Å². The fraction of sp³-hybridized carbons (Fsp3) is 0.381. The Labute approximate surface area is 173 Å². The summed E-state index contributed by atoms with van der Waals surface area (Å²) >= 11 is 5.92. The van der Waals surface area contributed by atoms with Gasteiger partial charge in [-0.15, -0.1) is 0 Å². The lowest BCUT2D eigenvalue weighted by molar-refractivity contribution is 0.0334. The molecule has 6 nitrogen and oxygen atoms in total. The first kappa shape index (κ1) is 19.8. The number of hydrogen-bond acceptors (Lipinski definition) is 4. The van der Waals surface area contributed by atoms with Gasteiger partial charge < -0.3 is 10.1 Å². The smallest absolute Gasteiger partial charge is 0.257 e. The predicted molar refractivity (Wildman–Crippen MR) is 108 cm³/mol. The number of nitrogens with zero attached hydrogens (tertiary/aromatic N) is 3. The molecule has 0 spiro atoms. The molecule has 1 aliphatic heterocycles. The molecule has 4 rings (SSSR count). The number of rotatable bonds is 4. The average Bonchev–Trinajstić information content (AvgIpc) is 3.12. The zero-order valence-corrected chi connectivity index (χ0v) is 17.0. The number of fused-ring (bicyclic) bond motifs is 1. The van der Waals surface area contributed by atoms with Gasteiger partial charge in [0.1, 0.15) is 11.4 Å². The van der Waals surface area contributed by atoms with Gasteiger partial charge in [0, 0.05) is 36.2 Å². The predicted octanol–water partition coefficient (Wildman–Crippen LogP) is 4.08. The van der Waals surface area contributed by atoms with Gasteiger partial charge >= 0.3 is 0 Å². The maximum atomic E-state index is 14.7. The molecule has 0 unspecified atom stereocenters. The maximum Gasteiger partial charge on any atom is 0.257 e. The van der Waals surface area contributed by atoms with Crippen molar-refractivity contribution in [2.75, 3.05) is 13.2 Å². The van der Waals surface area contributed by atoms with Crippen LogP contribution in [0.5, 0.6) is 0 Å². The van der Waals surface area contributed by atoms with Crippen LogP contribution < -0.4 is 5.32 Å². The molecule has 1 aromatic carbocycles. The van der Waals surface area contributed by atoms with E-state index >= 15 is 0 Å². The monoisotopic (exact) mass is 416 g/mol. The van der Waals surface area contributed by atoms with Crippen LogP contribution in [0, 0.1) is 5.82 Å². The van der Waals surface area contributed by atoms with Crippen LogP contribution in [-0.2, 0) is 10.3 Å². The van der Waals surface area contributed by atoms with Gasteiger partial charge in [-0.3, -0.25) is 4.79 Å². The van der Waals surface area contributed by atoms with Crippen LogP contribution in [0.1, 0.15) is 54.1 Å². The molecule has 29 heavy (non-hydrogen) atoms. The lowest BCUT2D eigenvalue weighted by Crippen LogP contribution is -2.50. The zero-order chi connectivity index (χ0) is 20.6. The average molecular weight is 417 g/mol. The summed E-state index contributed by atoms with van der Waals surface area (Å²) in [5.74, 6) is -0.493. The quantitative estimate of drug-likeness (QED) is 0.695. The van der Waals surface area contributed by atoms with Crippen molar-refractivity contribution in [1.29, 1.82) is 0 Å². The molecule has 2 aromatic heterocycles. The summed E-state index contributed by atoms with van der Waals surface area (Å²) in [6.45, 7) is 4.98. The van der Waals surface area contributed by atoms with Crippen molar-refractivity contribution in [3.05, 3.63) is 64.3 Å². The summed E-state index contributed by atoms with van der Waals surface area (Å²) in [6.07, 6.45) is 6.03. The molecule has 1 N–H and O–H groups in total. The van der Waals surface area contributed by atoms with E-state index < -0.39 is 11.4 Å². The maximum absolute atomic E-state index is 14.7. The zero-order valence-electron chi connectivity index (χ0n) is 16.3. The number of halogens is 2. The van der Waals surface area contributed by atoms with E-state index in [4.69, 9.17) is 16.3 Å². The Balaban J connectivity index is 1.70. The molecule has 0 radical (unpaired) electrons. The van der Waals surface area contributed by atoms with Gasteiger partial charge in [0.05, 0.1) is 11.7 Å². The fourth-order valence-electron chi connectivity index (χ4n) is 3.69. The number of hydrogen-bond donors (Lipinski definition) is 1. The van der Waals surface area contributed by atoms with Gasteiger partial charge in [-0.2, -0.15) is 5.10 Å². The molecule has 8 heteroatoms. The minimum Gasteiger partial charge on any atom is -0.381 e. The summed E-state index contributed by atoms with van der Waals surface area (Å²) in [6, 6.07) is 4.53. The number of amides is 1. The third kappa shape index (κ3) is 3.72. The first-order chi connectivity index (χ1) is 13.9. The largest absolute Gasteiger partial charge is 0.381 e. The van der Waals surface area contributed by atoms with Crippen molar-refractivity contribution in [2.45, 2.75) is 38.1 Å². The number of benzene rings is 1. The first-order valence-electron chi connectivity index (χ1n) is 9.59. The van der Waals surface area contributed by atoms with Crippen molar-refractivity contribution in [3.63, 3.8) is 0 Å². The molecular formula is C21H22ClFN4O2. The highest BCUT2D eigenvalue weighted by atomic mass is 35.5. The Bertz CT molecular complexity index is 1060. The van der Waals surface area contributed by atoms with E-state index in [2.05, 4.69) is 29.2 Å². The van der Waals surface area contributed by atoms with Crippen molar-refractivity contribution in [2.24, 2.45) is 0 Å². The molecule has 1 saturated heterocycles. The SMILES string of the molecule is CC(C)c1cnc2c(C(=O)NC3(c4ccc(Cl)cc4F)CCOCC3)cnn2c1. The van der Waals surface area contributed by atoms with Gasteiger partial charge in [0.25, 0.3) is 5.91 Å².